The number of H-pyrrole nitrogens is 1. The van der Waals surface area contributed by atoms with Crippen molar-refractivity contribution in [1.82, 2.24) is 4.98 Å². The third-order valence-electron chi connectivity index (χ3n) is 1.78. The topological polar surface area (TPSA) is 44.9 Å². The van der Waals surface area contributed by atoms with Crippen LogP contribution in [0.4, 0.5) is 5.69 Å². The summed E-state index contributed by atoms with van der Waals surface area (Å²) in [6.07, 6.45) is 3.49. The van der Waals surface area contributed by atoms with Gasteiger partial charge in [0.2, 0.25) is 0 Å². The van der Waals surface area contributed by atoms with E-state index in [1.807, 2.05) is 30.5 Å². The largest absolute Gasteiger partial charge is 0.361 e. The summed E-state index contributed by atoms with van der Waals surface area (Å²) >= 11 is 0. The van der Waals surface area contributed by atoms with Crippen LogP contribution in [0, 0.1) is 0 Å². The number of anilines is 1. The van der Waals surface area contributed by atoms with Crippen LogP contribution in [-0.4, -0.2) is 11.4 Å². The van der Waals surface area contributed by atoms with Crippen molar-refractivity contribution in [2.45, 2.75) is 0 Å². The van der Waals surface area contributed by atoms with Gasteiger partial charge in [0.25, 0.3) is 0 Å². The highest BCUT2D eigenvalue weighted by Gasteiger charge is 1.98. The molecule has 0 aliphatic carbocycles. The van der Waals surface area contributed by atoms with Crippen molar-refractivity contribution in [2.24, 2.45) is 0 Å². The highest BCUT2D eigenvalue weighted by molar-refractivity contribution is 5.95. The maximum atomic E-state index is 10.1. The van der Waals surface area contributed by atoms with E-state index in [1.54, 1.807) is 6.41 Å². The van der Waals surface area contributed by atoms with Gasteiger partial charge in [-0.15, -0.1) is 0 Å². The molecule has 1 aromatic heterocycles. The zero-order chi connectivity index (χ0) is 8.39. The minimum atomic E-state index is 0.781. The summed E-state index contributed by atoms with van der Waals surface area (Å²) < 4.78 is 0. The van der Waals surface area contributed by atoms with Crippen LogP contribution in [0.25, 0.3) is 10.9 Å². The van der Waals surface area contributed by atoms with Gasteiger partial charge < -0.3 is 10.3 Å². The smallest absolute Gasteiger partial charge is 0.314 e. The Balaban J connectivity index is 2.65. The van der Waals surface area contributed by atoms with Crippen molar-refractivity contribution in [2.75, 3.05) is 5.32 Å². The Hall–Kier alpha value is -1.77. The molecule has 1 radical (unpaired) electrons. The van der Waals surface area contributed by atoms with Crippen LogP contribution < -0.4 is 5.32 Å². The summed E-state index contributed by atoms with van der Waals surface area (Å²) in [6.45, 7) is 0. The number of nitrogens with one attached hydrogen (secondary N) is 2. The molecule has 0 aliphatic rings. The van der Waals surface area contributed by atoms with Crippen molar-refractivity contribution in [1.29, 1.82) is 0 Å². The summed E-state index contributed by atoms with van der Waals surface area (Å²) in [4.78, 5) is 13.1. The van der Waals surface area contributed by atoms with Crippen molar-refractivity contribution >= 4 is 23.0 Å². The lowest BCUT2D eigenvalue weighted by Crippen LogP contribution is -1.92. The van der Waals surface area contributed by atoms with Crippen LogP contribution >= 0.6 is 0 Å². The Morgan fingerprint density at radius 1 is 1.33 bits per heavy atom. The molecule has 0 unspecified atom stereocenters. The van der Waals surface area contributed by atoms with E-state index in [0.29, 0.717) is 0 Å². The summed E-state index contributed by atoms with van der Waals surface area (Å²) in [5.74, 6) is 0. The first-order chi connectivity index (χ1) is 5.92. The zero-order valence-electron chi connectivity index (χ0n) is 6.29. The quantitative estimate of drug-likeness (QED) is 0.643. The maximum Gasteiger partial charge on any atom is 0.314 e. The molecule has 0 saturated carbocycles. The second-order valence-electron chi connectivity index (χ2n) is 2.47. The number of rotatable bonds is 2. The number of carbonyl (C=O) groups excluding carboxylic acids is 1. The molecule has 3 heteroatoms. The molecule has 0 aliphatic heterocycles. The fourth-order valence-corrected chi connectivity index (χ4v) is 1.25. The van der Waals surface area contributed by atoms with Crippen LogP contribution in [0.15, 0.2) is 30.5 Å². The molecule has 3 nitrogen and oxygen atoms in total. The first kappa shape index (κ1) is 6.91. The van der Waals surface area contributed by atoms with Gasteiger partial charge in [-0.2, -0.15) is 0 Å². The molecule has 2 rings (SSSR count). The Kier molecular flexibility index (Phi) is 1.55. The Labute approximate surface area is 69.4 Å². The molecule has 2 aromatic rings. The van der Waals surface area contributed by atoms with Crippen LogP contribution in [-0.2, 0) is 4.79 Å². The van der Waals surface area contributed by atoms with E-state index >= 15 is 0 Å². The van der Waals surface area contributed by atoms with E-state index in [-0.39, 0.29) is 0 Å². The molecule has 2 N–H and O–H groups in total. The molecule has 59 valence electrons. The number of benzene rings is 1. The van der Waals surface area contributed by atoms with Crippen LogP contribution in [0.2, 0.25) is 0 Å². The van der Waals surface area contributed by atoms with Gasteiger partial charge in [-0.25, -0.2) is 0 Å². The molecule has 12 heavy (non-hydrogen) atoms. The van der Waals surface area contributed by atoms with Crippen molar-refractivity contribution in [3.8, 4) is 0 Å². The summed E-state index contributed by atoms with van der Waals surface area (Å²) in [5.41, 5.74) is 1.79. The van der Waals surface area contributed by atoms with Crippen molar-refractivity contribution in [3.05, 3.63) is 30.5 Å². The highest BCUT2D eigenvalue weighted by atomic mass is 16.1. The molecule has 0 spiro atoms. The molecule has 1 aromatic carbocycles. The second kappa shape index (κ2) is 2.70. The predicted molar refractivity (Wildman–Crippen MR) is 47.6 cm³/mol. The summed E-state index contributed by atoms with van der Waals surface area (Å²) in [6, 6.07) is 7.57. The fourth-order valence-electron chi connectivity index (χ4n) is 1.25. The minimum absolute atomic E-state index is 0.781. The average Bonchev–Trinajstić information content (AvgIpc) is 2.53. The van der Waals surface area contributed by atoms with Crippen LogP contribution in [0.5, 0.6) is 0 Å². The average molecular weight is 159 g/mol. The van der Waals surface area contributed by atoms with E-state index in [0.717, 1.165) is 16.6 Å². The zero-order valence-corrected chi connectivity index (χ0v) is 6.29. The molecule has 0 saturated heterocycles. The lowest BCUT2D eigenvalue weighted by molar-refractivity contribution is 0.561. The number of fused-ring (bicyclic) bond motifs is 1. The Bertz CT molecular complexity index is 406. The maximum absolute atomic E-state index is 10.1. The molecule has 0 atom stereocenters. The monoisotopic (exact) mass is 159 g/mol. The van der Waals surface area contributed by atoms with E-state index in [2.05, 4.69) is 10.3 Å². The number of aromatic amines is 1. The minimum Gasteiger partial charge on any atom is -0.361 e. The summed E-state index contributed by atoms with van der Waals surface area (Å²) in [5, 5.41) is 3.51. The molecular formula is C9H7N2O. The SMILES string of the molecule is O=[C]Nc1cccc2[nH]ccc12. The van der Waals surface area contributed by atoms with E-state index in [4.69, 9.17) is 0 Å². The third-order valence-corrected chi connectivity index (χ3v) is 1.78. The Morgan fingerprint density at radius 2 is 2.25 bits per heavy atom. The molecule has 0 bridgehead atoms. The van der Waals surface area contributed by atoms with Crippen molar-refractivity contribution in [3.63, 3.8) is 0 Å². The fraction of sp³-hybridized carbons (Fsp3) is 0. The molecule has 1 amide bonds. The van der Waals surface area contributed by atoms with Gasteiger partial charge in [0.15, 0.2) is 0 Å². The van der Waals surface area contributed by atoms with Crippen LogP contribution in [0.3, 0.4) is 0 Å². The van der Waals surface area contributed by atoms with Gasteiger partial charge in [0, 0.05) is 17.1 Å². The lowest BCUT2D eigenvalue weighted by Gasteiger charge is -1.98. The Morgan fingerprint density at radius 3 is 3.08 bits per heavy atom. The number of hydrogen-bond donors (Lipinski definition) is 2. The second-order valence-corrected chi connectivity index (χ2v) is 2.47. The van der Waals surface area contributed by atoms with Gasteiger partial charge in [-0.1, -0.05) is 6.07 Å². The van der Waals surface area contributed by atoms with Gasteiger partial charge >= 0.3 is 6.41 Å². The van der Waals surface area contributed by atoms with Gasteiger partial charge in [0.1, 0.15) is 0 Å². The predicted octanol–water partition coefficient (Wildman–Crippen LogP) is 1.65. The van der Waals surface area contributed by atoms with Crippen LogP contribution in [0.1, 0.15) is 0 Å². The number of hydrogen-bond acceptors (Lipinski definition) is 1. The third kappa shape index (κ3) is 0.955. The highest BCUT2D eigenvalue weighted by Crippen LogP contribution is 2.21. The standard InChI is InChI=1S/C9H7N2O/c12-6-11-9-3-1-2-8-7(9)4-5-10-8/h1-5,10H,(H,11,12). The summed E-state index contributed by atoms with van der Waals surface area (Å²) in [7, 11) is 0. The molecule has 0 fully saturated rings. The number of aromatic nitrogens is 1. The van der Waals surface area contributed by atoms with Crippen molar-refractivity contribution < 1.29 is 4.79 Å². The normalized spacial score (nSPS) is 10.0. The lowest BCUT2D eigenvalue weighted by atomic mass is 10.2. The molecule has 1 heterocycles. The van der Waals surface area contributed by atoms with E-state index < -0.39 is 0 Å². The van der Waals surface area contributed by atoms with E-state index in [1.165, 1.54) is 0 Å². The first-order valence-corrected chi connectivity index (χ1v) is 3.61. The number of amides is 1. The van der Waals surface area contributed by atoms with E-state index in [9.17, 15) is 4.79 Å². The van der Waals surface area contributed by atoms with Gasteiger partial charge in [0.05, 0.1) is 5.69 Å². The van der Waals surface area contributed by atoms with Gasteiger partial charge in [-0.05, 0) is 18.2 Å². The van der Waals surface area contributed by atoms with Gasteiger partial charge in [-0.3, -0.25) is 4.79 Å². The molecular weight excluding hydrogens is 152 g/mol. The first-order valence-electron chi connectivity index (χ1n) is 3.61.